The van der Waals surface area contributed by atoms with Gasteiger partial charge in [-0.15, -0.1) is 0 Å². The fraction of sp³-hybridized carbons (Fsp3) is 0.455. The first kappa shape index (κ1) is 13.9. The van der Waals surface area contributed by atoms with Crippen molar-refractivity contribution >= 4 is 0 Å². The molecule has 0 amide bonds. The quantitative estimate of drug-likeness (QED) is 0.814. The Morgan fingerprint density at radius 3 is 2.24 bits per heavy atom. The molecule has 0 spiro atoms. The van der Waals surface area contributed by atoms with E-state index >= 15 is 0 Å². The second-order valence-corrected chi connectivity index (χ2v) is 3.75. The van der Waals surface area contributed by atoms with Gasteiger partial charge in [-0.25, -0.2) is 8.78 Å². The Morgan fingerprint density at radius 2 is 1.76 bits per heavy atom. The zero-order valence-electron chi connectivity index (χ0n) is 9.33. The zero-order chi connectivity index (χ0) is 13.3. The van der Waals surface area contributed by atoms with Crippen molar-refractivity contribution < 1.29 is 22.0 Å². The molecule has 0 fully saturated rings. The summed E-state index contributed by atoms with van der Waals surface area (Å²) in [6, 6.07) is 2.76. The van der Waals surface area contributed by atoms with Gasteiger partial charge >= 0.3 is 6.18 Å². The summed E-state index contributed by atoms with van der Waals surface area (Å²) in [7, 11) is 0. The van der Waals surface area contributed by atoms with Crippen molar-refractivity contribution in [1.82, 2.24) is 5.32 Å². The molecule has 1 atom stereocenters. The van der Waals surface area contributed by atoms with Gasteiger partial charge in [0.2, 0.25) is 0 Å². The predicted octanol–water partition coefficient (Wildman–Crippen LogP) is 3.35. The van der Waals surface area contributed by atoms with E-state index in [1.807, 2.05) is 0 Å². The Labute approximate surface area is 95.6 Å². The molecule has 0 aliphatic carbocycles. The maximum Gasteiger partial charge on any atom is 0.410 e. The molecular formula is C11H12F5N. The van der Waals surface area contributed by atoms with Gasteiger partial charge < -0.3 is 5.32 Å². The van der Waals surface area contributed by atoms with Crippen molar-refractivity contribution in [2.75, 3.05) is 6.54 Å². The Hall–Kier alpha value is -1.17. The fourth-order valence-electron chi connectivity index (χ4n) is 1.59. The molecule has 96 valence electrons. The molecular weight excluding hydrogens is 241 g/mol. The van der Waals surface area contributed by atoms with Crippen LogP contribution in [0.1, 0.15) is 19.4 Å². The molecule has 1 unspecified atom stereocenters. The third-order valence-electron chi connectivity index (χ3n) is 2.59. The zero-order valence-corrected chi connectivity index (χ0v) is 9.33. The van der Waals surface area contributed by atoms with Gasteiger partial charge in [0.25, 0.3) is 0 Å². The first-order valence-electron chi connectivity index (χ1n) is 5.00. The number of benzene rings is 1. The van der Waals surface area contributed by atoms with Crippen molar-refractivity contribution in [3.63, 3.8) is 0 Å². The maximum absolute atomic E-state index is 13.4. The molecule has 1 aromatic rings. The first-order chi connectivity index (χ1) is 7.74. The van der Waals surface area contributed by atoms with Crippen LogP contribution in [-0.2, 0) is 5.54 Å². The van der Waals surface area contributed by atoms with Crippen molar-refractivity contribution in [2.24, 2.45) is 0 Å². The topological polar surface area (TPSA) is 12.0 Å². The molecule has 0 saturated carbocycles. The van der Waals surface area contributed by atoms with Crippen molar-refractivity contribution in [2.45, 2.75) is 25.6 Å². The van der Waals surface area contributed by atoms with Gasteiger partial charge in [-0.3, -0.25) is 0 Å². The lowest BCUT2D eigenvalue weighted by Gasteiger charge is -2.33. The lowest BCUT2D eigenvalue weighted by molar-refractivity contribution is -0.196. The summed E-state index contributed by atoms with van der Waals surface area (Å²) >= 11 is 0. The van der Waals surface area contributed by atoms with Gasteiger partial charge in [0.1, 0.15) is 5.54 Å². The fourth-order valence-corrected chi connectivity index (χ4v) is 1.59. The highest BCUT2D eigenvalue weighted by Gasteiger charge is 2.53. The van der Waals surface area contributed by atoms with E-state index < -0.39 is 28.9 Å². The molecule has 1 N–H and O–H groups in total. The summed E-state index contributed by atoms with van der Waals surface area (Å²) in [6.45, 7) is 2.22. The van der Waals surface area contributed by atoms with Gasteiger partial charge in [-0.1, -0.05) is 19.1 Å². The van der Waals surface area contributed by atoms with Crippen LogP contribution in [0.3, 0.4) is 0 Å². The van der Waals surface area contributed by atoms with Gasteiger partial charge in [-0.2, -0.15) is 13.2 Å². The second-order valence-electron chi connectivity index (χ2n) is 3.75. The molecule has 1 nitrogen and oxygen atoms in total. The summed E-state index contributed by atoms with van der Waals surface area (Å²) in [4.78, 5) is 0. The second kappa shape index (κ2) is 4.60. The SMILES string of the molecule is CCNC(C)(c1cccc(F)c1F)C(F)(F)F. The lowest BCUT2D eigenvalue weighted by Crippen LogP contribution is -2.52. The Kier molecular flexibility index (Phi) is 3.76. The smallest absolute Gasteiger partial charge is 0.300 e. The largest absolute Gasteiger partial charge is 0.410 e. The molecule has 0 aromatic heterocycles. The third-order valence-corrected chi connectivity index (χ3v) is 2.59. The number of rotatable bonds is 3. The molecule has 17 heavy (non-hydrogen) atoms. The van der Waals surface area contributed by atoms with Crippen molar-refractivity contribution in [3.05, 3.63) is 35.4 Å². The number of alkyl halides is 3. The third kappa shape index (κ3) is 2.41. The lowest BCUT2D eigenvalue weighted by atomic mass is 9.90. The molecule has 0 saturated heterocycles. The minimum absolute atomic E-state index is 0.0219. The summed E-state index contributed by atoms with van der Waals surface area (Å²) in [5.74, 6) is -2.77. The van der Waals surface area contributed by atoms with E-state index in [0.29, 0.717) is 0 Å². The van der Waals surface area contributed by atoms with Crippen LogP contribution < -0.4 is 5.32 Å². The van der Waals surface area contributed by atoms with Crippen LogP contribution in [0, 0.1) is 11.6 Å². The molecule has 0 heterocycles. The van der Waals surface area contributed by atoms with Crippen LogP contribution in [-0.4, -0.2) is 12.7 Å². The first-order valence-corrected chi connectivity index (χ1v) is 5.00. The summed E-state index contributed by atoms with van der Waals surface area (Å²) < 4.78 is 65.2. The predicted molar refractivity (Wildman–Crippen MR) is 53.4 cm³/mol. The Balaban J connectivity index is 3.38. The molecule has 0 radical (unpaired) electrons. The van der Waals surface area contributed by atoms with Crippen molar-refractivity contribution in [1.29, 1.82) is 0 Å². The van der Waals surface area contributed by atoms with E-state index in [-0.39, 0.29) is 6.54 Å². The van der Waals surface area contributed by atoms with E-state index in [9.17, 15) is 22.0 Å². The molecule has 6 heteroatoms. The number of halogens is 5. The van der Waals surface area contributed by atoms with Crippen LogP contribution in [0.4, 0.5) is 22.0 Å². The summed E-state index contributed by atoms with van der Waals surface area (Å²) in [5.41, 5.74) is -3.35. The van der Waals surface area contributed by atoms with Crippen molar-refractivity contribution in [3.8, 4) is 0 Å². The molecule has 0 aliphatic rings. The Bertz CT molecular complexity index is 401. The van der Waals surface area contributed by atoms with Gasteiger partial charge in [-0.05, 0) is 19.5 Å². The monoisotopic (exact) mass is 253 g/mol. The highest BCUT2D eigenvalue weighted by atomic mass is 19.4. The molecule has 0 aliphatic heterocycles. The maximum atomic E-state index is 13.4. The van der Waals surface area contributed by atoms with E-state index in [1.54, 1.807) is 0 Å². The average Bonchev–Trinajstić information content (AvgIpc) is 2.20. The van der Waals surface area contributed by atoms with Gasteiger partial charge in [0.05, 0.1) is 0 Å². The summed E-state index contributed by atoms with van der Waals surface area (Å²) in [6.07, 6.45) is -4.72. The van der Waals surface area contributed by atoms with Gasteiger partial charge in [0.15, 0.2) is 11.6 Å². The Morgan fingerprint density at radius 1 is 1.18 bits per heavy atom. The average molecular weight is 253 g/mol. The van der Waals surface area contributed by atoms with E-state index in [2.05, 4.69) is 5.32 Å². The molecule has 1 aromatic carbocycles. The normalized spacial score (nSPS) is 15.7. The van der Waals surface area contributed by atoms with Crippen LogP contribution in [0.2, 0.25) is 0 Å². The highest BCUT2D eigenvalue weighted by molar-refractivity contribution is 5.28. The molecule has 0 bridgehead atoms. The van der Waals surface area contributed by atoms with Crippen LogP contribution in [0.5, 0.6) is 0 Å². The van der Waals surface area contributed by atoms with Crippen LogP contribution in [0.25, 0.3) is 0 Å². The van der Waals surface area contributed by atoms with E-state index in [1.165, 1.54) is 6.92 Å². The van der Waals surface area contributed by atoms with Crippen LogP contribution in [0.15, 0.2) is 18.2 Å². The van der Waals surface area contributed by atoms with Crippen LogP contribution >= 0.6 is 0 Å². The minimum Gasteiger partial charge on any atom is -0.300 e. The minimum atomic E-state index is -4.72. The number of nitrogens with one attached hydrogen (secondary N) is 1. The number of hydrogen-bond acceptors (Lipinski definition) is 1. The van der Waals surface area contributed by atoms with E-state index in [0.717, 1.165) is 25.1 Å². The summed E-state index contributed by atoms with van der Waals surface area (Å²) in [5, 5.41) is 2.15. The van der Waals surface area contributed by atoms with E-state index in [4.69, 9.17) is 0 Å². The molecule has 1 rings (SSSR count). The highest BCUT2D eigenvalue weighted by Crippen LogP contribution is 2.39. The van der Waals surface area contributed by atoms with Gasteiger partial charge in [0, 0.05) is 5.56 Å². The number of hydrogen-bond donors (Lipinski definition) is 1. The standard InChI is InChI=1S/C11H12F5N/c1-3-17-10(2,11(14,15)16)7-5-4-6-8(12)9(7)13/h4-6,17H,3H2,1-2H3.